The highest BCUT2D eigenvalue weighted by molar-refractivity contribution is 6.31. The van der Waals surface area contributed by atoms with Crippen molar-refractivity contribution in [3.63, 3.8) is 0 Å². The van der Waals surface area contributed by atoms with E-state index in [2.05, 4.69) is 10.3 Å². The Balaban J connectivity index is 2.50. The van der Waals surface area contributed by atoms with E-state index in [0.29, 0.717) is 10.7 Å². The highest BCUT2D eigenvalue weighted by atomic mass is 35.5. The van der Waals surface area contributed by atoms with E-state index in [9.17, 15) is 4.79 Å². The van der Waals surface area contributed by atoms with Crippen LogP contribution in [0, 0.1) is 6.92 Å². The fourth-order valence-corrected chi connectivity index (χ4v) is 1.56. The number of hydrogen-bond donors (Lipinski definition) is 0. The van der Waals surface area contributed by atoms with Gasteiger partial charge in [-0.3, -0.25) is 4.79 Å². The zero-order valence-electron chi connectivity index (χ0n) is 8.94. The van der Waals surface area contributed by atoms with Crippen molar-refractivity contribution < 1.29 is 4.79 Å². The predicted octanol–water partition coefficient (Wildman–Crippen LogP) is 2.43. The third-order valence-corrected chi connectivity index (χ3v) is 2.75. The quantitative estimate of drug-likeness (QED) is 0.751. The van der Waals surface area contributed by atoms with Crippen molar-refractivity contribution in [3.05, 3.63) is 40.7 Å². The Kier molecular flexibility index (Phi) is 2.75. The number of aromatic nitrogens is 3. The molecular weight excluding hydrogens is 226 g/mol. The molecule has 1 aromatic heterocycles. The average molecular weight is 236 g/mol. The maximum absolute atomic E-state index is 11.1. The van der Waals surface area contributed by atoms with Gasteiger partial charge in [0.25, 0.3) is 0 Å². The van der Waals surface area contributed by atoms with E-state index < -0.39 is 0 Å². The minimum absolute atomic E-state index is 0.106. The normalized spacial score (nSPS) is 10.4. The molecule has 0 bridgehead atoms. The van der Waals surface area contributed by atoms with E-state index in [4.69, 9.17) is 11.6 Å². The SMILES string of the molecule is CC(=O)c1cn(-c2cccc(Cl)c2C)nn1. The van der Waals surface area contributed by atoms with E-state index >= 15 is 0 Å². The Hall–Kier alpha value is -1.68. The molecular formula is C11H10ClN3O. The van der Waals surface area contributed by atoms with Gasteiger partial charge >= 0.3 is 0 Å². The number of Topliss-reactive ketones (excluding diaryl/α,β-unsaturated/α-hetero) is 1. The summed E-state index contributed by atoms with van der Waals surface area (Å²) in [5.41, 5.74) is 2.08. The van der Waals surface area contributed by atoms with Crippen LogP contribution < -0.4 is 0 Å². The molecule has 0 radical (unpaired) electrons. The van der Waals surface area contributed by atoms with Gasteiger partial charge in [-0.1, -0.05) is 22.9 Å². The van der Waals surface area contributed by atoms with Gasteiger partial charge in [0.05, 0.1) is 11.9 Å². The lowest BCUT2D eigenvalue weighted by Gasteiger charge is -2.05. The molecule has 82 valence electrons. The van der Waals surface area contributed by atoms with E-state index in [1.807, 2.05) is 25.1 Å². The molecule has 5 heteroatoms. The molecule has 2 rings (SSSR count). The number of hydrogen-bond acceptors (Lipinski definition) is 3. The van der Waals surface area contributed by atoms with E-state index in [-0.39, 0.29) is 5.78 Å². The van der Waals surface area contributed by atoms with Crippen LogP contribution in [-0.4, -0.2) is 20.8 Å². The van der Waals surface area contributed by atoms with Gasteiger partial charge in [-0.05, 0) is 24.6 Å². The lowest BCUT2D eigenvalue weighted by Crippen LogP contribution is -1.98. The van der Waals surface area contributed by atoms with Crippen molar-refractivity contribution in [3.8, 4) is 5.69 Å². The molecule has 0 fully saturated rings. The third kappa shape index (κ3) is 1.84. The van der Waals surface area contributed by atoms with Gasteiger partial charge in [-0.2, -0.15) is 0 Å². The zero-order chi connectivity index (χ0) is 11.7. The van der Waals surface area contributed by atoms with Gasteiger partial charge in [-0.25, -0.2) is 4.68 Å². The van der Waals surface area contributed by atoms with Crippen molar-refractivity contribution in [2.24, 2.45) is 0 Å². The van der Waals surface area contributed by atoms with Crippen LogP contribution in [-0.2, 0) is 0 Å². The smallest absolute Gasteiger partial charge is 0.181 e. The van der Waals surface area contributed by atoms with Crippen LogP contribution in [0.25, 0.3) is 5.69 Å². The minimum atomic E-state index is -0.106. The summed E-state index contributed by atoms with van der Waals surface area (Å²) in [5, 5.41) is 8.34. The molecule has 0 amide bonds. The molecule has 0 saturated heterocycles. The number of nitrogens with zero attached hydrogens (tertiary/aromatic N) is 3. The Morgan fingerprint density at radius 3 is 2.81 bits per heavy atom. The molecule has 4 nitrogen and oxygen atoms in total. The lowest BCUT2D eigenvalue weighted by molar-refractivity contribution is 0.101. The van der Waals surface area contributed by atoms with Gasteiger partial charge in [-0.15, -0.1) is 5.10 Å². The number of ketones is 1. The van der Waals surface area contributed by atoms with E-state index in [1.165, 1.54) is 6.92 Å². The molecule has 0 atom stereocenters. The molecule has 0 unspecified atom stereocenters. The molecule has 16 heavy (non-hydrogen) atoms. The Bertz CT molecular complexity index is 548. The van der Waals surface area contributed by atoms with Gasteiger partial charge < -0.3 is 0 Å². The molecule has 1 heterocycles. The Morgan fingerprint density at radius 1 is 1.44 bits per heavy atom. The largest absolute Gasteiger partial charge is 0.293 e. The fraction of sp³-hybridized carbons (Fsp3) is 0.182. The summed E-state index contributed by atoms with van der Waals surface area (Å²) in [4.78, 5) is 11.1. The van der Waals surface area contributed by atoms with Gasteiger partial charge in [0, 0.05) is 11.9 Å². The number of carbonyl (C=O) groups is 1. The van der Waals surface area contributed by atoms with Gasteiger partial charge in [0.1, 0.15) is 5.69 Å². The predicted molar refractivity (Wildman–Crippen MR) is 61.1 cm³/mol. The summed E-state index contributed by atoms with van der Waals surface area (Å²) in [6.07, 6.45) is 1.60. The monoisotopic (exact) mass is 235 g/mol. The van der Waals surface area contributed by atoms with Crippen LogP contribution in [0.1, 0.15) is 23.0 Å². The van der Waals surface area contributed by atoms with Crippen LogP contribution in [0.3, 0.4) is 0 Å². The van der Waals surface area contributed by atoms with Crippen LogP contribution in [0.15, 0.2) is 24.4 Å². The first-order valence-corrected chi connectivity index (χ1v) is 5.16. The number of benzene rings is 1. The van der Waals surface area contributed by atoms with E-state index in [1.54, 1.807) is 10.9 Å². The number of carbonyl (C=O) groups excluding carboxylic acids is 1. The second kappa shape index (κ2) is 4.06. The highest BCUT2D eigenvalue weighted by Crippen LogP contribution is 2.21. The summed E-state index contributed by atoms with van der Waals surface area (Å²) in [6, 6.07) is 5.52. The summed E-state index contributed by atoms with van der Waals surface area (Å²) in [7, 11) is 0. The molecule has 0 aliphatic heterocycles. The van der Waals surface area contributed by atoms with Crippen molar-refractivity contribution in [1.82, 2.24) is 15.0 Å². The van der Waals surface area contributed by atoms with Crippen LogP contribution in [0.2, 0.25) is 5.02 Å². The van der Waals surface area contributed by atoms with E-state index in [0.717, 1.165) is 11.3 Å². The zero-order valence-corrected chi connectivity index (χ0v) is 9.69. The second-order valence-corrected chi connectivity index (χ2v) is 3.90. The average Bonchev–Trinajstić information content (AvgIpc) is 2.71. The molecule has 1 aromatic carbocycles. The molecule has 0 saturated carbocycles. The van der Waals surface area contributed by atoms with Crippen molar-refractivity contribution >= 4 is 17.4 Å². The van der Waals surface area contributed by atoms with Crippen molar-refractivity contribution in [1.29, 1.82) is 0 Å². The second-order valence-electron chi connectivity index (χ2n) is 3.49. The van der Waals surface area contributed by atoms with Gasteiger partial charge in [0.2, 0.25) is 0 Å². The first kappa shape index (κ1) is 10.8. The molecule has 0 aliphatic rings. The van der Waals surface area contributed by atoms with Crippen molar-refractivity contribution in [2.45, 2.75) is 13.8 Å². The fourth-order valence-electron chi connectivity index (χ4n) is 1.39. The first-order valence-electron chi connectivity index (χ1n) is 4.78. The van der Waals surface area contributed by atoms with Crippen LogP contribution in [0.4, 0.5) is 0 Å². The van der Waals surface area contributed by atoms with Crippen LogP contribution in [0.5, 0.6) is 0 Å². The standard InChI is InChI=1S/C11H10ClN3O/c1-7-9(12)4-3-5-11(7)15-6-10(8(2)16)13-14-15/h3-6H,1-2H3. The maximum Gasteiger partial charge on any atom is 0.181 e. The molecule has 0 spiro atoms. The molecule has 0 aliphatic carbocycles. The summed E-state index contributed by atoms with van der Waals surface area (Å²) < 4.78 is 1.55. The van der Waals surface area contributed by atoms with Crippen molar-refractivity contribution in [2.75, 3.05) is 0 Å². The third-order valence-electron chi connectivity index (χ3n) is 2.34. The highest BCUT2D eigenvalue weighted by Gasteiger charge is 2.09. The number of halogens is 1. The topological polar surface area (TPSA) is 47.8 Å². The Labute approximate surface area is 97.8 Å². The van der Waals surface area contributed by atoms with Crippen LogP contribution >= 0.6 is 11.6 Å². The minimum Gasteiger partial charge on any atom is -0.293 e. The molecule has 0 N–H and O–H groups in total. The van der Waals surface area contributed by atoms with Gasteiger partial charge in [0.15, 0.2) is 5.78 Å². The summed E-state index contributed by atoms with van der Waals surface area (Å²) in [5.74, 6) is -0.106. The summed E-state index contributed by atoms with van der Waals surface area (Å²) in [6.45, 7) is 3.35. The lowest BCUT2D eigenvalue weighted by atomic mass is 10.2. The molecule has 2 aromatic rings. The number of rotatable bonds is 2. The first-order chi connectivity index (χ1) is 7.59. The summed E-state index contributed by atoms with van der Waals surface area (Å²) >= 11 is 6.00. The maximum atomic E-state index is 11.1. The Morgan fingerprint density at radius 2 is 2.19 bits per heavy atom.